The van der Waals surface area contributed by atoms with Crippen LogP contribution in [0.2, 0.25) is 0 Å². The number of hydrogen-bond donors (Lipinski definition) is 1. The minimum absolute atomic E-state index is 0.207. The van der Waals surface area contributed by atoms with E-state index in [1.165, 1.54) is 19.3 Å². The van der Waals surface area contributed by atoms with Gasteiger partial charge in [-0.15, -0.1) is 0 Å². The van der Waals surface area contributed by atoms with Gasteiger partial charge in [-0.2, -0.15) is 0 Å². The minimum atomic E-state index is -0.786. The Kier molecular flexibility index (Phi) is 7.20. The Labute approximate surface area is 128 Å². The fraction of sp³-hybridized carbons (Fsp3) is 0.882. The molecule has 2 unspecified atom stereocenters. The van der Waals surface area contributed by atoms with Crippen LogP contribution in [-0.4, -0.2) is 22.6 Å². The van der Waals surface area contributed by atoms with Crippen LogP contribution in [0.15, 0.2) is 0 Å². The number of carboxylic acids is 1. The minimum Gasteiger partial charge on any atom is -0.481 e. The van der Waals surface area contributed by atoms with E-state index in [1.54, 1.807) is 0 Å². The second kappa shape index (κ2) is 8.40. The second-order valence-electron chi connectivity index (χ2n) is 6.89. The molecule has 0 saturated heterocycles. The molecule has 122 valence electrons. The van der Waals surface area contributed by atoms with Crippen LogP contribution in [0.4, 0.5) is 0 Å². The molecule has 1 N–H and O–H groups in total. The Balaban J connectivity index is 2.41. The van der Waals surface area contributed by atoms with Gasteiger partial charge in [0.05, 0.1) is 11.8 Å². The van der Waals surface area contributed by atoms with Crippen molar-refractivity contribution in [1.82, 2.24) is 0 Å². The number of carbonyl (C=O) groups excluding carboxylic acids is 1. The van der Waals surface area contributed by atoms with Gasteiger partial charge in [-0.1, -0.05) is 32.6 Å². The normalized spacial score (nSPS) is 22.8. The largest absolute Gasteiger partial charge is 0.481 e. The lowest BCUT2D eigenvalue weighted by atomic mass is 9.81. The summed E-state index contributed by atoms with van der Waals surface area (Å²) in [4.78, 5) is 23.3. The highest BCUT2D eigenvalue weighted by Crippen LogP contribution is 2.31. The Morgan fingerprint density at radius 3 is 2.43 bits per heavy atom. The van der Waals surface area contributed by atoms with Gasteiger partial charge < -0.3 is 9.84 Å². The van der Waals surface area contributed by atoms with Gasteiger partial charge in [0, 0.05) is 0 Å². The molecular weight excluding hydrogens is 268 g/mol. The molecule has 2 atom stereocenters. The highest BCUT2D eigenvalue weighted by molar-refractivity contribution is 5.75. The molecule has 1 aliphatic carbocycles. The first-order chi connectivity index (χ1) is 9.85. The number of aliphatic carboxylic acids is 1. The van der Waals surface area contributed by atoms with Gasteiger partial charge in [0.25, 0.3) is 0 Å². The number of rotatable bonds is 8. The zero-order valence-electron chi connectivity index (χ0n) is 13.7. The Morgan fingerprint density at radius 1 is 1.14 bits per heavy atom. The van der Waals surface area contributed by atoms with Crippen molar-refractivity contribution in [2.45, 2.75) is 84.2 Å². The third-order valence-corrected chi connectivity index (χ3v) is 4.37. The Hall–Kier alpha value is -1.06. The van der Waals surface area contributed by atoms with Gasteiger partial charge in [0.2, 0.25) is 0 Å². The molecule has 1 fully saturated rings. The lowest BCUT2D eigenvalue weighted by Crippen LogP contribution is -2.34. The monoisotopic (exact) mass is 298 g/mol. The highest BCUT2D eigenvalue weighted by atomic mass is 16.6. The van der Waals surface area contributed by atoms with Gasteiger partial charge in [-0.25, -0.2) is 0 Å². The predicted molar refractivity (Wildman–Crippen MR) is 82.0 cm³/mol. The summed E-state index contributed by atoms with van der Waals surface area (Å²) in [7, 11) is 0. The number of ether oxygens (including phenoxy) is 1. The van der Waals surface area contributed by atoms with Crippen LogP contribution in [0.25, 0.3) is 0 Å². The Morgan fingerprint density at radius 2 is 1.81 bits per heavy atom. The van der Waals surface area contributed by atoms with E-state index < -0.39 is 11.6 Å². The van der Waals surface area contributed by atoms with Gasteiger partial charge in [-0.3, -0.25) is 9.59 Å². The van der Waals surface area contributed by atoms with Crippen molar-refractivity contribution < 1.29 is 19.4 Å². The zero-order valence-corrected chi connectivity index (χ0v) is 13.7. The van der Waals surface area contributed by atoms with Crippen LogP contribution in [0, 0.1) is 11.8 Å². The topological polar surface area (TPSA) is 63.6 Å². The third-order valence-electron chi connectivity index (χ3n) is 4.37. The van der Waals surface area contributed by atoms with Gasteiger partial charge >= 0.3 is 11.9 Å². The number of hydrogen-bond acceptors (Lipinski definition) is 3. The summed E-state index contributed by atoms with van der Waals surface area (Å²) in [5, 5.41) is 9.08. The van der Waals surface area contributed by atoms with E-state index in [0.29, 0.717) is 12.8 Å². The molecule has 0 aliphatic heterocycles. The van der Waals surface area contributed by atoms with Crippen molar-refractivity contribution in [3.8, 4) is 0 Å². The quantitative estimate of drug-likeness (QED) is 0.539. The van der Waals surface area contributed by atoms with Crippen molar-refractivity contribution in [3.05, 3.63) is 0 Å². The summed E-state index contributed by atoms with van der Waals surface area (Å²) >= 11 is 0. The number of unbranched alkanes of at least 4 members (excludes halogenated alkanes) is 3. The average Bonchev–Trinajstić information content (AvgIpc) is 2.43. The van der Waals surface area contributed by atoms with E-state index >= 15 is 0 Å². The molecule has 0 radical (unpaired) electrons. The van der Waals surface area contributed by atoms with E-state index in [1.807, 2.05) is 13.8 Å². The maximum Gasteiger partial charge on any atom is 0.309 e. The van der Waals surface area contributed by atoms with E-state index in [0.717, 1.165) is 25.7 Å². The van der Waals surface area contributed by atoms with Gasteiger partial charge in [-0.05, 0) is 46.0 Å². The number of carbonyl (C=O) groups is 2. The van der Waals surface area contributed by atoms with Crippen LogP contribution in [0.3, 0.4) is 0 Å². The first kappa shape index (κ1) is 18.0. The maximum atomic E-state index is 12.3. The van der Waals surface area contributed by atoms with Crippen LogP contribution in [-0.2, 0) is 14.3 Å². The summed E-state index contributed by atoms with van der Waals surface area (Å²) in [6, 6.07) is 0. The summed E-state index contributed by atoms with van der Waals surface area (Å²) in [5.74, 6) is -1.62. The highest BCUT2D eigenvalue weighted by Gasteiger charge is 2.34. The van der Waals surface area contributed by atoms with E-state index in [4.69, 9.17) is 9.84 Å². The fourth-order valence-corrected chi connectivity index (χ4v) is 3.01. The first-order valence-electron chi connectivity index (χ1n) is 8.31. The van der Waals surface area contributed by atoms with Crippen LogP contribution < -0.4 is 0 Å². The standard InChI is InChI=1S/C17H30O4/c1-4-5-6-7-11-17(2,3)21-16(20)14-10-8-9-13(12-14)15(18)19/h13-14H,4-12H2,1-3H3,(H,18,19). The third kappa shape index (κ3) is 6.49. The van der Waals surface area contributed by atoms with E-state index in [9.17, 15) is 9.59 Å². The number of carboxylic acid groups (broad SMARTS) is 1. The van der Waals surface area contributed by atoms with Crippen molar-refractivity contribution in [1.29, 1.82) is 0 Å². The maximum absolute atomic E-state index is 12.3. The molecule has 0 aromatic carbocycles. The summed E-state index contributed by atoms with van der Waals surface area (Å²) in [5.41, 5.74) is -0.443. The van der Waals surface area contributed by atoms with E-state index in [-0.39, 0.29) is 17.8 Å². The molecule has 1 rings (SSSR count). The molecule has 1 saturated carbocycles. The lowest BCUT2D eigenvalue weighted by molar-refractivity contribution is -0.164. The molecule has 0 aromatic heterocycles. The molecule has 21 heavy (non-hydrogen) atoms. The Bertz CT molecular complexity index is 349. The molecule has 4 heteroatoms. The van der Waals surface area contributed by atoms with Crippen molar-refractivity contribution in [2.24, 2.45) is 11.8 Å². The van der Waals surface area contributed by atoms with Crippen molar-refractivity contribution in [3.63, 3.8) is 0 Å². The van der Waals surface area contributed by atoms with Crippen molar-refractivity contribution >= 4 is 11.9 Å². The first-order valence-corrected chi connectivity index (χ1v) is 8.31. The molecule has 0 heterocycles. The summed E-state index contributed by atoms with van der Waals surface area (Å²) in [6.45, 7) is 6.08. The van der Waals surface area contributed by atoms with Crippen molar-refractivity contribution in [2.75, 3.05) is 0 Å². The molecule has 4 nitrogen and oxygen atoms in total. The molecular formula is C17H30O4. The SMILES string of the molecule is CCCCCCC(C)(C)OC(=O)C1CCCC(C(=O)O)C1. The predicted octanol–water partition coefficient (Wildman–Crippen LogP) is 4.17. The summed E-state index contributed by atoms with van der Waals surface area (Å²) < 4.78 is 5.65. The fourth-order valence-electron chi connectivity index (χ4n) is 3.01. The van der Waals surface area contributed by atoms with Crippen LogP contribution in [0.1, 0.15) is 78.6 Å². The molecule has 1 aliphatic rings. The molecule has 0 bridgehead atoms. The van der Waals surface area contributed by atoms with Crippen LogP contribution in [0.5, 0.6) is 0 Å². The summed E-state index contributed by atoms with van der Waals surface area (Å²) in [6.07, 6.45) is 8.18. The smallest absolute Gasteiger partial charge is 0.309 e. The lowest BCUT2D eigenvalue weighted by Gasteiger charge is -2.30. The van der Waals surface area contributed by atoms with Gasteiger partial charge in [0.15, 0.2) is 0 Å². The number of esters is 1. The average molecular weight is 298 g/mol. The molecule has 0 aromatic rings. The molecule has 0 amide bonds. The zero-order chi connectivity index (χ0) is 15.9. The van der Waals surface area contributed by atoms with Crippen LogP contribution >= 0.6 is 0 Å². The molecule has 0 spiro atoms. The second-order valence-corrected chi connectivity index (χ2v) is 6.89. The van der Waals surface area contributed by atoms with Gasteiger partial charge in [0.1, 0.15) is 5.60 Å². The van der Waals surface area contributed by atoms with E-state index in [2.05, 4.69) is 6.92 Å².